The maximum atomic E-state index is 13.7. The third kappa shape index (κ3) is 6.81. The van der Waals surface area contributed by atoms with E-state index in [4.69, 9.17) is 15.1 Å². The molecule has 1 aliphatic carbocycles. The Labute approximate surface area is 212 Å². The minimum absolute atomic E-state index is 0.0363. The van der Waals surface area contributed by atoms with E-state index in [0.29, 0.717) is 47.8 Å². The smallest absolute Gasteiger partial charge is 0.374 e. The molecule has 1 atom stereocenters. The number of allylic oxidation sites excluding steroid dienone is 1. The van der Waals surface area contributed by atoms with Crippen molar-refractivity contribution in [2.75, 3.05) is 0 Å². The van der Waals surface area contributed by atoms with E-state index in [-0.39, 0.29) is 18.7 Å². The van der Waals surface area contributed by atoms with Crippen LogP contribution in [0.3, 0.4) is 0 Å². The van der Waals surface area contributed by atoms with Gasteiger partial charge in [0, 0.05) is 36.3 Å². The van der Waals surface area contributed by atoms with Crippen LogP contribution in [0, 0.1) is 11.7 Å². The molecule has 6 nitrogen and oxygen atoms in total. The number of nitrogens with zero attached hydrogens (tertiary/aromatic N) is 2. The van der Waals surface area contributed by atoms with Crippen molar-refractivity contribution in [3.05, 3.63) is 95.1 Å². The predicted octanol–water partition coefficient (Wildman–Crippen LogP) is 5.45. The summed E-state index contributed by atoms with van der Waals surface area (Å²) in [6, 6.07) is 15.1. The number of amides is 1. The molecule has 9 heteroatoms. The lowest BCUT2D eigenvalue weighted by Crippen LogP contribution is -2.29. The highest BCUT2D eigenvalue weighted by atomic mass is 19.3. The molecule has 0 spiro atoms. The molecule has 2 aliphatic rings. The van der Waals surface area contributed by atoms with E-state index in [9.17, 15) is 22.8 Å². The quantitative estimate of drug-likeness (QED) is 0.471. The van der Waals surface area contributed by atoms with E-state index in [1.54, 1.807) is 6.08 Å². The van der Waals surface area contributed by atoms with Gasteiger partial charge in [0.05, 0.1) is 17.3 Å². The number of hydrogen-bond acceptors (Lipinski definition) is 4. The van der Waals surface area contributed by atoms with Crippen LogP contribution in [-0.2, 0) is 16.1 Å². The summed E-state index contributed by atoms with van der Waals surface area (Å²) in [7, 11) is 0. The SMILES string of the molecule is O=C(NCc1ccccc1)C1C=C2CC(=CC1)N=C(c1ccc(F)cc1)C(CCCC(F)(F)C(=O)O)=N2. The zero-order valence-corrected chi connectivity index (χ0v) is 20.0. The van der Waals surface area contributed by atoms with Gasteiger partial charge >= 0.3 is 11.9 Å². The van der Waals surface area contributed by atoms with Gasteiger partial charge in [0.15, 0.2) is 0 Å². The highest BCUT2D eigenvalue weighted by Crippen LogP contribution is 2.29. The average molecular weight is 510 g/mol. The van der Waals surface area contributed by atoms with Crippen molar-refractivity contribution in [1.29, 1.82) is 0 Å². The Balaban J connectivity index is 1.58. The first-order valence-corrected chi connectivity index (χ1v) is 12.0. The Morgan fingerprint density at radius 1 is 1.03 bits per heavy atom. The number of aliphatic carboxylic acids is 1. The molecular formula is C28H26F3N3O3. The number of hydrogen-bond donors (Lipinski definition) is 2. The minimum Gasteiger partial charge on any atom is -0.477 e. The number of carboxylic acid groups (broad SMARTS) is 1. The molecule has 1 aliphatic heterocycles. The first-order valence-electron chi connectivity index (χ1n) is 12.0. The summed E-state index contributed by atoms with van der Waals surface area (Å²) in [5.74, 6) is -7.11. The summed E-state index contributed by atoms with van der Waals surface area (Å²) in [5.41, 5.74) is 3.57. The fourth-order valence-electron chi connectivity index (χ4n) is 4.17. The molecule has 2 bridgehead atoms. The molecule has 192 valence electrons. The number of rotatable bonds is 9. The summed E-state index contributed by atoms with van der Waals surface area (Å²) in [6.45, 7) is 0.384. The highest BCUT2D eigenvalue weighted by molar-refractivity contribution is 6.48. The van der Waals surface area contributed by atoms with Crippen LogP contribution >= 0.6 is 0 Å². The largest absolute Gasteiger partial charge is 0.477 e. The van der Waals surface area contributed by atoms with Gasteiger partial charge in [-0.15, -0.1) is 0 Å². The van der Waals surface area contributed by atoms with Crippen molar-refractivity contribution >= 4 is 23.3 Å². The van der Waals surface area contributed by atoms with E-state index in [2.05, 4.69) is 5.32 Å². The van der Waals surface area contributed by atoms with Gasteiger partial charge in [0.1, 0.15) is 5.82 Å². The average Bonchev–Trinajstić information content (AvgIpc) is 3.19. The van der Waals surface area contributed by atoms with Gasteiger partial charge in [-0.3, -0.25) is 14.8 Å². The third-order valence-electron chi connectivity index (χ3n) is 6.15. The van der Waals surface area contributed by atoms with E-state index in [1.165, 1.54) is 24.3 Å². The molecule has 0 radical (unpaired) electrons. The number of carbonyl (C=O) groups is 2. The second-order valence-corrected chi connectivity index (χ2v) is 8.96. The van der Waals surface area contributed by atoms with Gasteiger partial charge in [-0.2, -0.15) is 8.78 Å². The zero-order valence-electron chi connectivity index (χ0n) is 20.0. The van der Waals surface area contributed by atoms with Gasteiger partial charge in [0.25, 0.3) is 0 Å². The third-order valence-corrected chi connectivity index (χ3v) is 6.15. The summed E-state index contributed by atoms with van der Waals surface area (Å²) in [6.07, 6.45) is 3.41. The molecule has 4 rings (SSSR count). The zero-order chi connectivity index (χ0) is 26.4. The maximum Gasteiger partial charge on any atom is 0.374 e. The van der Waals surface area contributed by atoms with Crippen molar-refractivity contribution in [3.8, 4) is 0 Å². The van der Waals surface area contributed by atoms with Crippen LogP contribution in [0.25, 0.3) is 0 Å². The Morgan fingerprint density at radius 2 is 1.76 bits per heavy atom. The van der Waals surface area contributed by atoms with Gasteiger partial charge in [-0.05, 0) is 55.2 Å². The standard InChI is InChI=1S/C28H26F3N3O3/c29-21-11-8-19(9-12-21)25-24(7-4-14-28(30,31)27(36)37)33-23-15-20(10-13-22(16-23)34-25)26(35)32-17-18-5-2-1-3-6-18/h1-3,5-6,8-9,11-13,15,20H,4,7,10,14,16-17H2,(H,32,35)(H,36,37). The van der Waals surface area contributed by atoms with Crippen molar-refractivity contribution in [2.45, 2.75) is 44.6 Å². The number of benzene rings is 2. The van der Waals surface area contributed by atoms with Gasteiger partial charge in [-0.25, -0.2) is 9.18 Å². The van der Waals surface area contributed by atoms with Crippen LogP contribution in [0.2, 0.25) is 0 Å². The number of carbonyl (C=O) groups excluding carboxylic acids is 1. The van der Waals surface area contributed by atoms with Crippen LogP contribution in [0.5, 0.6) is 0 Å². The molecule has 1 heterocycles. The van der Waals surface area contributed by atoms with Crippen LogP contribution < -0.4 is 5.32 Å². The lowest BCUT2D eigenvalue weighted by atomic mass is 9.99. The first-order chi connectivity index (χ1) is 17.7. The predicted molar refractivity (Wildman–Crippen MR) is 134 cm³/mol. The fourth-order valence-corrected chi connectivity index (χ4v) is 4.17. The topological polar surface area (TPSA) is 91.1 Å². The summed E-state index contributed by atoms with van der Waals surface area (Å²) in [5, 5.41) is 11.7. The molecule has 37 heavy (non-hydrogen) atoms. The van der Waals surface area contributed by atoms with Crippen molar-refractivity contribution in [3.63, 3.8) is 0 Å². The first kappa shape index (κ1) is 26.1. The van der Waals surface area contributed by atoms with Crippen LogP contribution in [0.15, 0.2) is 88.1 Å². The summed E-state index contributed by atoms with van der Waals surface area (Å²) >= 11 is 0. The van der Waals surface area contributed by atoms with Gasteiger partial charge in [0.2, 0.25) is 5.91 Å². The van der Waals surface area contributed by atoms with E-state index >= 15 is 0 Å². The molecule has 1 amide bonds. The molecule has 0 saturated carbocycles. The normalized spacial score (nSPS) is 17.4. The van der Waals surface area contributed by atoms with E-state index in [0.717, 1.165) is 5.56 Å². The Kier molecular flexibility index (Phi) is 8.01. The fraction of sp³-hybridized carbons (Fsp3) is 0.286. The summed E-state index contributed by atoms with van der Waals surface area (Å²) in [4.78, 5) is 33.1. The maximum absolute atomic E-state index is 13.7. The van der Waals surface area contributed by atoms with E-state index < -0.39 is 30.0 Å². The molecule has 1 unspecified atom stereocenters. The number of halogens is 3. The molecule has 2 N–H and O–H groups in total. The van der Waals surface area contributed by atoms with Crippen LogP contribution in [0.4, 0.5) is 13.2 Å². The number of alkyl halides is 2. The molecular weight excluding hydrogens is 483 g/mol. The number of carboxylic acids is 1. The van der Waals surface area contributed by atoms with Crippen molar-refractivity contribution < 1.29 is 27.9 Å². The second kappa shape index (κ2) is 11.4. The molecule has 0 aromatic heterocycles. The van der Waals surface area contributed by atoms with Gasteiger partial charge in [-0.1, -0.05) is 36.4 Å². The Morgan fingerprint density at radius 3 is 2.46 bits per heavy atom. The highest BCUT2D eigenvalue weighted by Gasteiger charge is 2.38. The number of nitrogens with one attached hydrogen (secondary N) is 1. The Bertz CT molecular complexity index is 1280. The number of aliphatic imine (C=N–C) groups is 2. The molecule has 0 saturated heterocycles. The van der Waals surface area contributed by atoms with Crippen molar-refractivity contribution in [2.24, 2.45) is 15.9 Å². The van der Waals surface area contributed by atoms with E-state index in [1.807, 2.05) is 36.4 Å². The lowest BCUT2D eigenvalue weighted by Gasteiger charge is -2.14. The van der Waals surface area contributed by atoms with Gasteiger partial charge < -0.3 is 10.4 Å². The molecule has 2 aromatic rings. The van der Waals surface area contributed by atoms with Crippen LogP contribution in [-0.4, -0.2) is 34.3 Å². The molecule has 2 aromatic carbocycles. The minimum atomic E-state index is -3.85. The lowest BCUT2D eigenvalue weighted by molar-refractivity contribution is -0.165. The Hall–Kier alpha value is -4.01. The van der Waals surface area contributed by atoms with Crippen LogP contribution in [0.1, 0.15) is 43.2 Å². The monoisotopic (exact) mass is 509 g/mol. The number of fused-ring (bicyclic) bond motifs is 2. The van der Waals surface area contributed by atoms with Crippen molar-refractivity contribution in [1.82, 2.24) is 5.32 Å². The summed E-state index contributed by atoms with van der Waals surface area (Å²) < 4.78 is 40.9. The second-order valence-electron chi connectivity index (χ2n) is 8.96. The molecule has 0 fully saturated rings.